The number of aromatic nitrogens is 1. The molecule has 1 N–H and O–H groups in total. The van der Waals surface area contributed by atoms with Crippen LogP contribution in [-0.4, -0.2) is 18.1 Å². The first-order chi connectivity index (χ1) is 9.81. The first-order valence-electron chi connectivity index (χ1n) is 7.01. The summed E-state index contributed by atoms with van der Waals surface area (Å²) in [5.74, 6) is 0. The number of benzene rings is 1. The lowest BCUT2D eigenvalue weighted by Gasteiger charge is -2.18. The molecular weight excluding hydrogens is 314 g/mol. The van der Waals surface area contributed by atoms with Crippen molar-refractivity contribution in [3.63, 3.8) is 0 Å². The average molecular weight is 332 g/mol. The predicted octanol–water partition coefficient (Wildman–Crippen LogP) is 4.06. The number of halogens is 1. The molecule has 1 aliphatic heterocycles. The summed E-state index contributed by atoms with van der Waals surface area (Å²) < 4.78 is 0.877. The minimum atomic E-state index is 0.739. The lowest BCUT2D eigenvalue weighted by molar-refractivity contribution is 0.949. The van der Waals surface area contributed by atoms with Gasteiger partial charge in [-0.2, -0.15) is 0 Å². The Hall–Kier alpha value is -1.55. The van der Waals surface area contributed by atoms with Crippen LogP contribution in [0.2, 0.25) is 0 Å². The van der Waals surface area contributed by atoms with Crippen LogP contribution in [0.1, 0.15) is 18.5 Å². The summed E-state index contributed by atoms with van der Waals surface area (Å²) in [5, 5.41) is 3.44. The molecule has 3 nitrogen and oxygen atoms in total. The molecule has 3 rings (SSSR count). The Morgan fingerprint density at radius 1 is 1.10 bits per heavy atom. The van der Waals surface area contributed by atoms with E-state index in [2.05, 4.69) is 55.4 Å². The number of nitrogens with one attached hydrogen (secondary N) is 1. The van der Waals surface area contributed by atoms with E-state index in [-0.39, 0.29) is 0 Å². The molecule has 1 saturated heterocycles. The van der Waals surface area contributed by atoms with Crippen LogP contribution in [0.15, 0.2) is 47.1 Å². The van der Waals surface area contributed by atoms with Crippen LogP contribution < -0.4 is 10.2 Å². The summed E-state index contributed by atoms with van der Waals surface area (Å²) in [7, 11) is 0. The molecule has 2 heterocycles. The minimum Gasteiger partial charge on any atom is -0.379 e. The van der Waals surface area contributed by atoms with Crippen LogP contribution in [-0.2, 0) is 6.54 Å². The SMILES string of the molecule is Brc1cccc(CNc2cccc(N3CCCC3)c2)n1. The van der Waals surface area contributed by atoms with Crippen molar-refractivity contribution in [1.82, 2.24) is 4.98 Å². The Bertz CT molecular complexity index is 579. The van der Waals surface area contributed by atoms with Crippen LogP contribution in [0.4, 0.5) is 11.4 Å². The second-order valence-electron chi connectivity index (χ2n) is 5.05. The van der Waals surface area contributed by atoms with E-state index in [1.807, 2.05) is 18.2 Å². The van der Waals surface area contributed by atoms with E-state index < -0.39 is 0 Å². The maximum absolute atomic E-state index is 4.43. The van der Waals surface area contributed by atoms with Crippen LogP contribution >= 0.6 is 15.9 Å². The van der Waals surface area contributed by atoms with Gasteiger partial charge in [-0.1, -0.05) is 12.1 Å². The molecule has 20 heavy (non-hydrogen) atoms. The predicted molar refractivity (Wildman–Crippen MR) is 87.2 cm³/mol. The van der Waals surface area contributed by atoms with E-state index in [1.54, 1.807) is 0 Å². The molecule has 1 aromatic carbocycles. The zero-order valence-corrected chi connectivity index (χ0v) is 12.9. The summed E-state index contributed by atoms with van der Waals surface area (Å²) >= 11 is 3.40. The number of nitrogens with zero attached hydrogens (tertiary/aromatic N) is 2. The van der Waals surface area contributed by atoms with Gasteiger partial charge in [0, 0.05) is 24.5 Å². The van der Waals surface area contributed by atoms with Gasteiger partial charge in [0.25, 0.3) is 0 Å². The fraction of sp³-hybridized carbons (Fsp3) is 0.312. The zero-order chi connectivity index (χ0) is 13.8. The Labute approximate surface area is 128 Å². The van der Waals surface area contributed by atoms with Crippen LogP contribution in [0.3, 0.4) is 0 Å². The van der Waals surface area contributed by atoms with Gasteiger partial charge in [0.05, 0.1) is 12.2 Å². The van der Waals surface area contributed by atoms with Gasteiger partial charge in [0.15, 0.2) is 0 Å². The first kappa shape index (κ1) is 13.4. The molecule has 0 bridgehead atoms. The molecule has 0 spiro atoms. The van der Waals surface area contributed by atoms with E-state index in [4.69, 9.17) is 0 Å². The molecule has 104 valence electrons. The third kappa shape index (κ3) is 3.31. The molecule has 0 atom stereocenters. The molecule has 0 radical (unpaired) electrons. The number of hydrogen-bond donors (Lipinski definition) is 1. The van der Waals surface area contributed by atoms with E-state index >= 15 is 0 Å². The highest BCUT2D eigenvalue weighted by atomic mass is 79.9. The van der Waals surface area contributed by atoms with Gasteiger partial charge in [-0.3, -0.25) is 0 Å². The lowest BCUT2D eigenvalue weighted by atomic mass is 10.2. The Balaban J connectivity index is 1.66. The van der Waals surface area contributed by atoms with Crippen molar-refractivity contribution in [3.8, 4) is 0 Å². The van der Waals surface area contributed by atoms with Crippen molar-refractivity contribution in [3.05, 3.63) is 52.8 Å². The molecular formula is C16H18BrN3. The van der Waals surface area contributed by atoms with Crippen LogP contribution in [0.5, 0.6) is 0 Å². The fourth-order valence-corrected chi connectivity index (χ4v) is 2.91. The van der Waals surface area contributed by atoms with Gasteiger partial charge in [-0.15, -0.1) is 0 Å². The van der Waals surface area contributed by atoms with Crippen molar-refractivity contribution in [1.29, 1.82) is 0 Å². The van der Waals surface area contributed by atoms with Crippen molar-refractivity contribution in [2.24, 2.45) is 0 Å². The van der Waals surface area contributed by atoms with E-state index in [9.17, 15) is 0 Å². The molecule has 1 aliphatic rings. The van der Waals surface area contributed by atoms with Gasteiger partial charge in [0.1, 0.15) is 4.60 Å². The quantitative estimate of drug-likeness (QED) is 0.856. The Morgan fingerprint density at radius 2 is 1.90 bits per heavy atom. The number of hydrogen-bond acceptors (Lipinski definition) is 3. The van der Waals surface area contributed by atoms with Crippen molar-refractivity contribution in [2.75, 3.05) is 23.3 Å². The van der Waals surface area contributed by atoms with Gasteiger partial charge < -0.3 is 10.2 Å². The average Bonchev–Trinajstić information content (AvgIpc) is 3.00. The summed E-state index contributed by atoms with van der Waals surface area (Å²) in [6.45, 7) is 3.09. The fourth-order valence-electron chi connectivity index (χ4n) is 2.53. The lowest BCUT2D eigenvalue weighted by Crippen LogP contribution is -2.17. The van der Waals surface area contributed by atoms with Gasteiger partial charge >= 0.3 is 0 Å². The summed E-state index contributed by atoms with van der Waals surface area (Å²) in [6.07, 6.45) is 2.61. The highest BCUT2D eigenvalue weighted by Crippen LogP contribution is 2.23. The second kappa shape index (κ2) is 6.27. The zero-order valence-electron chi connectivity index (χ0n) is 11.3. The standard InChI is InChI=1S/C16H18BrN3/c17-16-8-4-6-14(19-16)12-18-13-5-3-7-15(11-13)20-9-1-2-10-20/h3-8,11,18H,1-2,9-10,12H2. The molecule has 0 unspecified atom stereocenters. The van der Waals surface area contributed by atoms with Gasteiger partial charge in [-0.25, -0.2) is 4.98 Å². The third-order valence-corrected chi connectivity index (χ3v) is 4.01. The highest BCUT2D eigenvalue weighted by molar-refractivity contribution is 9.10. The van der Waals surface area contributed by atoms with Crippen molar-refractivity contribution < 1.29 is 0 Å². The molecule has 0 saturated carbocycles. The van der Waals surface area contributed by atoms with Crippen molar-refractivity contribution in [2.45, 2.75) is 19.4 Å². The number of pyridine rings is 1. The maximum atomic E-state index is 4.43. The largest absolute Gasteiger partial charge is 0.379 e. The maximum Gasteiger partial charge on any atom is 0.106 e. The topological polar surface area (TPSA) is 28.2 Å². The van der Waals surface area contributed by atoms with Crippen molar-refractivity contribution >= 4 is 27.3 Å². The normalized spacial score (nSPS) is 14.6. The van der Waals surface area contributed by atoms with Crippen LogP contribution in [0, 0.1) is 0 Å². The third-order valence-electron chi connectivity index (χ3n) is 3.56. The second-order valence-corrected chi connectivity index (χ2v) is 5.86. The van der Waals surface area contributed by atoms with E-state index in [1.165, 1.54) is 31.6 Å². The smallest absolute Gasteiger partial charge is 0.106 e. The summed E-state index contributed by atoms with van der Waals surface area (Å²) in [5.41, 5.74) is 3.50. The Kier molecular flexibility index (Phi) is 4.21. The molecule has 0 aliphatic carbocycles. The molecule has 4 heteroatoms. The molecule has 2 aromatic rings. The first-order valence-corrected chi connectivity index (χ1v) is 7.81. The number of anilines is 2. The molecule has 1 aromatic heterocycles. The highest BCUT2D eigenvalue weighted by Gasteiger charge is 2.12. The monoisotopic (exact) mass is 331 g/mol. The van der Waals surface area contributed by atoms with Gasteiger partial charge in [-0.05, 0) is 59.1 Å². The van der Waals surface area contributed by atoms with E-state index in [0.29, 0.717) is 0 Å². The summed E-state index contributed by atoms with van der Waals surface area (Å²) in [6, 6.07) is 14.6. The minimum absolute atomic E-state index is 0.739. The Morgan fingerprint density at radius 3 is 2.70 bits per heavy atom. The molecule has 0 amide bonds. The van der Waals surface area contributed by atoms with Gasteiger partial charge in [0.2, 0.25) is 0 Å². The molecule has 1 fully saturated rings. The number of rotatable bonds is 4. The summed E-state index contributed by atoms with van der Waals surface area (Å²) in [4.78, 5) is 6.88. The van der Waals surface area contributed by atoms with E-state index in [0.717, 1.165) is 22.5 Å². The van der Waals surface area contributed by atoms with Crippen LogP contribution in [0.25, 0.3) is 0 Å².